The molecule has 0 unspecified atom stereocenters. The van der Waals surface area contributed by atoms with Crippen molar-refractivity contribution in [2.24, 2.45) is 7.05 Å². The molecular weight excluding hydrogens is 350 g/mol. The summed E-state index contributed by atoms with van der Waals surface area (Å²) >= 11 is 1.58. The fourth-order valence-electron chi connectivity index (χ4n) is 2.49. The Morgan fingerprint density at radius 1 is 1.19 bits per heavy atom. The predicted molar refractivity (Wildman–Crippen MR) is 97.4 cm³/mol. The third kappa shape index (κ3) is 3.27. The van der Waals surface area contributed by atoms with Crippen LogP contribution >= 0.6 is 11.3 Å². The number of aromatic nitrogens is 4. The molecule has 0 radical (unpaired) electrons. The van der Waals surface area contributed by atoms with Crippen molar-refractivity contribution in [3.05, 3.63) is 65.5 Å². The Kier molecular flexibility index (Phi) is 4.32. The molecule has 4 rings (SSSR count). The predicted octanol–water partition coefficient (Wildman–Crippen LogP) is 3.13. The van der Waals surface area contributed by atoms with Gasteiger partial charge in [-0.1, -0.05) is 24.3 Å². The first kappa shape index (κ1) is 16.2. The van der Waals surface area contributed by atoms with Crippen LogP contribution in [0, 0.1) is 0 Å². The second kappa shape index (κ2) is 6.93. The molecule has 8 heteroatoms. The van der Waals surface area contributed by atoms with Gasteiger partial charge in [0.15, 0.2) is 0 Å². The monoisotopic (exact) mass is 365 g/mol. The Bertz CT molecular complexity index is 1020. The van der Waals surface area contributed by atoms with Crippen molar-refractivity contribution in [3.8, 4) is 22.0 Å². The molecule has 0 aliphatic carbocycles. The third-order valence-electron chi connectivity index (χ3n) is 3.77. The summed E-state index contributed by atoms with van der Waals surface area (Å²) < 4.78 is 7.16. The summed E-state index contributed by atoms with van der Waals surface area (Å²) in [5.41, 5.74) is 2.08. The molecule has 1 amide bonds. The van der Waals surface area contributed by atoms with E-state index in [0.29, 0.717) is 17.5 Å². The molecule has 0 spiro atoms. The standard InChI is InChI=1S/C18H15N5O2S/c1-23-14(10-13(22-23)15-8-5-9-26-15)17(24)19-11-16-20-21-18(25-16)12-6-3-2-4-7-12/h2-10H,11H2,1H3,(H,19,24). The van der Waals surface area contributed by atoms with E-state index >= 15 is 0 Å². The zero-order valence-electron chi connectivity index (χ0n) is 13.9. The number of hydrogen-bond donors (Lipinski definition) is 1. The minimum absolute atomic E-state index is 0.151. The van der Waals surface area contributed by atoms with E-state index in [1.165, 1.54) is 0 Å². The molecule has 130 valence electrons. The summed E-state index contributed by atoms with van der Waals surface area (Å²) in [5, 5.41) is 17.1. The number of nitrogens with zero attached hydrogens (tertiary/aromatic N) is 4. The topological polar surface area (TPSA) is 85.8 Å². The number of nitrogens with one attached hydrogen (secondary N) is 1. The van der Waals surface area contributed by atoms with E-state index in [1.807, 2.05) is 47.8 Å². The number of hydrogen-bond acceptors (Lipinski definition) is 6. The number of carbonyl (C=O) groups is 1. The second-order valence-electron chi connectivity index (χ2n) is 5.57. The Balaban J connectivity index is 1.44. The maximum atomic E-state index is 12.4. The maximum Gasteiger partial charge on any atom is 0.269 e. The number of thiophene rings is 1. The quantitative estimate of drug-likeness (QED) is 0.587. The van der Waals surface area contributed by atoms with E-state index in [0.717, 1.165) is 16.1 Å². The van der Waals surface area contributed by atoms with Gasteiger partial charge in [0.25, 0.3) is 5.91 Å². The lowest BCUT2D eigenvalue weighted by molar-refractivity contribution is 0.0938. The van der Waals surface area contributed by atoms with Crippen molar-refractivity contribution in [3.63, 3.8) is 0 Å². The Hall–Kier alpha value is -3.26. The summed E-state index contributed by atoms with van der Waals surface area (Å²) in [4.78, 5) is 13.5. The zero-order chi connectivity index (χ0) is 17.9. The van der Waals surface area contributed by atoms with Gasteiger partial charge in [-0.25, -0.2) is 0 Å². The highest BCUT2D eigenvalue weighted by Crippen LogP contribution is 2.24. The molecule has 0 saturated carbocycles. The fourth-order valence-corrected chi connectivity index (χ4v) is 3.17. The largest absolute Gasteiger partial charge is 0.419 e. The van der Waals surface area contributed by atoms with Gasteiger partial charge in [0.05, 0.1) is 11.4 Å². The van der Waals surface area contributed by atoms with Crippen molar-refractivity contribution in [1.82, 2.24) is 25.3 Å². The molecule has 0 fully saturated rings. The van der Waals surface area contributed by atoms with Gasteiger partial charge in [-0.15, -0.1) is 21.5 Å². The molecule has 0 bridgehead atoms. The van der Waals surface area contributed by atoms with E-state index in [9.17, 15) is 4.79 Å². The highest BCUT2D eigenvalue weighted by atomic mass is 32.1. The lowest BCUT2D eigenvalue weighted by atomic mass is 10.2. The molecule has 0 saturated heterocycles. The summed E-state index contributed by atoms with van der Waals surface area (Å²) in [6.07, 6.45) is 0. The number of aryl methyl sites for hydroxylation is 1. The van der Waals surface area contributed by atoms with Crippen LogP contribution < -0.4 is 5.32 Å². The van der Waals surface area contributed by atoms with Crippen LogP contribution in [0.5, 0.6) is 0 Å². The summed E-state index contributed by atoms with van der Waals surface area (Å²) in [6.45, 7) is 0.151. The van der Waals surface area contributed by atoms with Crippen LogP contribution in [0.4, 0.5) is 0 Å². The Morgan fingerprint density at radius 3 is 2.81 bits per heavy atom. The number of rotatable bonds is 5. The molecule has 0 atom stereocenters. The molecule has 3 heterocycles. The maximum absolute atomic E-state index is 12.4. The van der Waals surface area contributed by atoms with Crippen molar-refractivity contribution >= 4 is 17.2 Å². The van der Waals surface area contributed by atoms with Gasteiger partial charge in [0.1, 0.15) is 11.4 Å². The number of carbonyl (C=O) groups excluding carboxylic acids is 1. The first-order valence-electron chi connectivity index (χ1n) is 7.94. The summed E-state index contributed by atoms with van der Waals surface area (Å²) in [7, 11) is 1.74. The molecule has 3 aromatic heterocycles. The lowest BCUT2D eigenvalue weighted by Gasteiger charge is -2.02. The van der Waals surface area contributed by atoms with Gasteiger partial charge in [-0.3, -0.25) is 9.48 Å². The molecule has 26 heavy (non-hydrogen) atoms. The summed E-state index contributed by atoms with van der Waals surface area (Å²) in [5.74, 6) is 0.524. The van der Waals surface area contributed by atoms with E-state index < -0.39 is 0 Å². The first-order valence-corrected chi connectivity index (χ1v) is 8.82. The van der Waals surface area contributed by atoms with Gasteiger partial charge in [-0.2, -0.15) is 5.10 Å². The van der Waals surface area contributed by atoms with Gasteiger partial charge in [0, 0.05) is 12.6 Å². The van der Waals surface area contributed by atoms with Crippen molar-refractivity contribution in [2.75, 3.05) is 0 Å². The van der Waals surface area contributed by atoms with E-state index in [1.54, 1.807) is 29.1 Å². The highest BCUT2D eigenvalue weighted by Gasteiger charge is 2.16. The number of amides is 1. The molecule has 4 aromatic rings. The highest BCUT2D eigenvalue weighted by molar-refractivity contribution is 7.13. The summed E-state index contributed by atoms with van der Waals surface area (Å²) in [6, 6.07) is 15.2. The van der Waals surface area contributed by atoms with Crippen LogP contribution in [0.2, 0.25) is 0 Å². The molecule has 7 nitrogen and oxygen atoms in total. The Morgan fingerprint density at radius 2 is 2.04 bits per heavy atom. The van der Waals surface area contributed by atoms with Crippen molar-refractivity contribution in [2.45, 2.75) is 6.54 Å². The van der Waals surface area contributed by atoms with Crippen LogP contribution in [0.1, 0.15) is 16.4 Å². The van der Waals surface area contributed by atoms with E-state index in [4.69, 9.17) is 4.42 Å². The Labute approximate surface area is 153 Å². The van der Waals surface area contributed by atoms with E-state index in [-0.39, 0.29) is 12.5 Å². The van der Waals surface area contributed by atoms with Gasteiger partial charge in [-0.05, 0) is 29.6 Å². The average Bonchev–Trinajstić information content (AvgIpc) is 3.41. The molecular formula is C18H15N5O2S. The normalized spacial score (nSPS) is 10.8. The van der Waals surface area contributed by atoms with E-state index in [2.05, 4.69) is 20.6 Å². The van der Waals surface area contributed by atoms with Crippen LogP contribution in [-0.4, -0.2) is 25.9 Å². The fraction of sp³-hybridized carbons (Fsp3) is 0.111. The third-order valence-corrected chi connectivity index (χ3v) is 4.67. The van der Waals surface area contributed by atoms with Crippen LogP contribution in [0.25, 0.3) is 22.0 Å². The minimum atomic E-state index is -0.248. The van der Waals surface area contributed by atoms with Crippen LogP contribution in [0.3, 0.4) is 0 Å². The SMILES string of the molecule is Cn1nc(-c2cccs2)cc1C(=O)NCc1nnc(-c2ccccc2)o1. The minimum Gasteiger partial charge on any atom is -0.419 e. The van der Waals surface area contributed by atoms with Crippen LogP contribution in [0.15, 0.2) is 58.3 Å². The zero-order valence-corrected chi connectivity index (χ0v) is 14.7. The molecule has 0 aliphatic heterocycles. The van der Waals surface area contributed by atoms with Gasteiger partial charge < -0.3 is 9.73 Å². The first-order chi connectivity index (χ1) is 12.7. The molecule has 1 N–H and O–H groups in total. The van der Waals surface area contributed by atoms with Gasteiger partial charge >= 0.3 is 0 Å². The second-order valence-corrected chi connectivity index (χ2v) is 6.51. The van der Waals surface area contributed by atoms with Gasteiger partial charge in [0.2, 0.25) is 11.8 Å². The number of benzene rings is 1. The molecule has 0 aliphatic rings. The molecule has 1 aromatic carbocycles. The smallest absolute Gasteiger partial charge is 0.269 e. The lowest BCUT2D eigenvalue weighted by Crippen LogP contribution is -2.25. The average molecular weight is 365 g/mol. The van der Waals surface area contributed by atoms with Crippen molar-refractivity contribution < 1.29 is 9.21 Å². The van der Waals surface area contributed by atoms with Crippen molar-refractivity contribution in [1.29, 1.82) is 0 Å². The van der Waals surface area contributed by atoms with Crippen LogP contribution in [-0.2, 0) is 13.6 Å².